The summed E-state index contributed by atoms with van der Waals surface area (Å²) in [4.78, 5) is 16.6. The molecule has 2 saturated heterocycles. The van der Waals surface area contributed by atoms with Crippen molar-refractivity contribution in [2.75, 3.05) is 26.2 Å². The fourth-order valence-electron chi connectivity index (χ4n) is 3.59. The Balaban J connectivity index is 1.48. The van der Waals surface area contributed by atoms with Gasteiger partial charge in [-0.3, -0.25) is 9.69 Å². The van der Waals surface area contributed by atoms with Crippen molar-refractivity contribution in [1.29, 1.82) is 0 Å². The van der Waals surface area contributed by atoms with E-state index in [9.17, 15) is 9.18 Å². The fraction of sp³-hybridized carbons (Fsp3) is 0.588. The molecule has 1 saturated carbocycles. The van der Waals surface area contributed by atoms with Gasteiger partial charge in [-0.15, -0.1) is 0 Å². The Labute approximate surface area is 129 Å². The second-order valence-corrected chi connectivity index (χ2v) is 6.73. The number of nitrogens with zero attached hydrogens (tertiary/aromatic N) is 2. The number of rotatable bonds is 4. The van der Waals surface area contributed by atoms with Crippen molar-refractivity contribution in [3.05, 3.63) is 35.6 Å². The monoisotopic (exact) mass is 304 g/mol. The summed E-state index contributed by atoms with van der Waals surface area (Å²) in [6, 6.07) is 6.61. The molecule has 0 unspecified atom stereocenters. The van der Waals surface area contributed by atoms with Crippen LogP contribution in [0.15, 0.2) is 24.3 Å². The standard InChI is InChI=1S/C17H21FN2O2/c18-14-3-1-2-13(6-14)8-20-15-9-19(7-12-4-5-12)10-16(15)22-11-17(20)21/h1-3,6,12,15-16H,4-5,7-11H2/t15-,16-/m1/s1. The number of carbonyl (C=O) groups excluding carboxylic acids is 1. The minimum Gasteiger partial charge on any atom is -0.365 e. The zero-order chi connectivity index (χ0) is 15.1. The number of morpholine rings is 1. The zero-order valence-corrected chi connectivity index (χ0v) is 12.6. The van der Waals surface area contributed by atoms with E-state index in [2.05, 4.69) is 4.90 Å². The van der Waals surface area contributed by atoms with Crippen LogP contribution in [0.5, 0.6) is 0 Å². The lowest BCUT2D eigenvalue weighted by Gasteiger charge is -2.36. The summed E-state index contributed by atoms with van der Waals surface area (Å²) in [7, 11) is 0. The van der Waals surface area contributed by atoms with Gasteiger partial charge in [0.2, 0.25) is 5.91 Å². The molecule has 0 aromatic heterocycles. The van der Waals surface area contributed by atoms with Gasteiger partial charge in [0.1, 0.15) is 12.4 Å². The summed E-state index contributed by atoms with van der Waals surface area (Å²) in [5.41, 5.74) is 0.842. The van der Waals surface area contributed by atoms with Crippen molar-refractivity contribution in [1.82, 2.24) is 9.80 Å². The Morgan fingerprint density at radius 1 is 1.27 bits per heavy atom. The van der Waals surface area contributed by atoms with Crippen molar-refractivity contribution in [2.24, 2.45) is 5.92 Å². The minimum atomic E-state index is -0.253. The quantitative estimate of drug-likeness (QED) is 0.848. The van der Waals surface area contributed by atoms with Crippen LogP contribution in [0.4, 0.5) is 4.39 Å². The second-order valence-electron chi connectivity index (χ2n) is 6.73. The van der Waals surface area contributed by atoms with E-state index in [0.717, 1.165) is 31.1 Å². The minimum absolute atomic E-state index is 0.0128. The maximum Gasteiger partial charge on any atom is 0.249 e. The lowest BCUT2D eigenvalue weighted by molar-refractivity contribution is -0.153. The number of likely N-dealkylation sites (tertiary alicyclic amines) is 1. The van der Waals surface area contributed by atoms with Crippen LogP contribution >= 0.6 is 0 Å². The average Bonchev–Trinajstić information content (AvgIpc) is 3.20. The Hall–Kier alpha value is -1.46. The van der Waals surface area contributed by atoms with Gasteiger partial charge in [0, 0.05) is 26.2 Å². The summed E-state index contributed by atoms with van der Waals surface area (Å²) in [5.74, 6) is 0.600. The summed E-state index contributed by atoms with van der Waals surface area (Å²) in [6.07, 6.45) is 2.77. The van der Waals surface area contributed by atoms with Crippen LogP contribution in [0.3, 0.4) is 0 Å². The van der Waals surface area contributed by atoms with Gasteiger partial charge in [0.05, 0.1) is 12.1 Å². The van der Waals surface area contributed by atoms with E-state index in [1.165, 1.54) is 25.0 Å². The second kappa shape index (κ2) is 5.63. The molecule has 2 aliphatic heterocycles. The van der Waals surface area contributed by atoms with Gasteiger partial charge in [0.15, 0.2) is 0 Å². The lowest BCUT2D eigenvalue weighted by atomic mass is 10.1. The predicted octanol–water partition coefficient (Wildman–Crippen LogP) is 1.65. The molecule has 5 heteroatoms. The molecule has 118 valence electrons. The number of amides is 1. The molecule has 0 bridgehead atoms. The van der Waals surface area contributed by atoms with Gasteiger partial charge in [-0.1, -0.05) is 12.1 Å². The molecule has 1 aromatic rings. The van der Waals surface area contributed by atoms with Gasteiger partial charge < -0.3 is 9.64 Å². The molecule has 4 rings (SSSR count). The first kappa shape index (κ1) is 14.2. The third-order valence-electron chi connectivity index (χ3n) is 4.91. The summed E-state index contributed by atoms with van der Waals surface area (Å²) < 4.78 is 19.1. The van der Waals surface area contributed by atoms with Crippen LogP contribution in [-0.2, 0) is 16.1 Å². The predicted molar refractivity (Wildman–Crippen MR) is 79.6 cm³/mol. The molecule has 0 spiro atoms. The van der Waals surface area contributed by atoms with Crippen molar-refractivity contribution in [3.8, 4) is 0 Å². The highest BCUT2D eigenvalue weighted by atomic mass is 19.1. The molecule has 1 amide bonds. The number of carbonyl (C=O) groups is 1. The van der Waals surface area contributed by atoms with Crippen molar-refractivity contribution >= 4 is 5.91 Å². The summed E-state index contributed by atoms with van der Waals surface area (Å²) in [5, 5.41) is 0. The van der Waals surface area contributed by atoms with Crippen LogP contribution in [0.25, 0.3) is 0 Å². The Bertz CT molecular complexity index is 576. The van der Waals surface area contributed by atoms with Gasteiger partial charge >= 0.3 is 0 Å². The molecule has 3 aliphatic rings. The van der Waals surface area contributed by atoms with Gasteiger partial charge in [-0.25, -0.2) is 4.39 Å². The number of hydrogen-bond donors (Lipinski definition) is 0. The number of benzene rings is 1. The molecule has 0 radical (unpaired) electrons. The Morgan fingerprint density at radius 3 is 2.91 bits per heavy atom. The SMILES string of the molecule is O=C1CO[C@@H]2CN(CC3CC3)C[C@H]2N1Cc1cccc(F)c1. The fourth-order valence-corrected chi connectivity index (χ4v) is 3.59. The molecule has 4 nitrogen and oxygen atoms in total. The average molecular weight is 304 g/mol. The normalized spacial score (nSPS) is 29.0. The third kappa shape index (κ3) is 2.88. The molecule has 2 atom stereocenters. The largest absolute Gasteiger partial charge is 0.365 e. The van der Waals surface area contributed by atoms with E-state index in [0.29, 0.717) is 6.54 Å². The molecule has 1 aromatic carbocycles. The first-order valence-corrected chi connectivity index (χ1v) is 8.07. The smallest absolute Gasteiger partial charge is 0.249 e. The Kier molecular flexibility index (Phi) is 3.62. The molecule has 22 heavy (non-hydrogen) atoms. The van der Waals surface area contributed by atoms with E-state index in [4.69, 9.17) is 4.74 Å². The van der Waals surface area contributed by atoms with Crippen molar-refractivity contribution in [2.45, 2.75) is 31.5 Å². The highest BCUT2D eigenvalue weighted by Gasteiger charge is 2.44. The number of halogens is 1. The van der Waals surface area contributed by atoms with Gasteiger partial charge in [-0.2, -0.15) is 0 Å². The van der Waals surface area contributed by atoms with Crippen LogP contribution in [-0.4, -0.2) is 54.1 Å². The number of hydrogen-bond acceptors (Lipinski definition) is 3. The van der Waals surface area contributed by atoms with Crippen molar-refractivity contribution < 1.29 is 13.9 Å². The first-order valence-electron chi connectivity index (χ1n) is 8.07. The summed E-state index contributed by atoms with van der Waals surface area (Å²) >= 11 is 0. The zero-order valence-electron chi connectivity index (χ0n) is 12.6. The lowest BCUT2D eigenvalue weighted by Crippen LogP contribution is -2.53. The summed E-state index contributed by atoms with van der Waals surface area (Å²) in [6.45, 7) is 3.53. The van der Waals surface area contributed by atoms with Crippen LogP contribution in [0.2, 0.25) is 0 Å². The van der Waals surface area contributed by atoms with Crippen LogP contribution < -0.4 is 0 Å². The van der Waals surface area contributed by atoms with E-state index in [1.807, 2.05) is 11.0 Å². The highest BCUT2D eigenvalue weighted by Crippen LogP contribution is 2.33. The van der Waals surface area contributed by atoms with Crippen LogP contribution in [0.1, 0.15) is 18.4 Å². The first-order chi connectivity index (χ1) is 10.7. The number of ether oxygens (including phenoxy) is 1. The topological polar surface area (TPSA) is 32.8 Å². The van der Waals surface area contributed by atoms with E-state index < -0.39 is 0 Å². The van der Waals surface area contributed by atoms with E-state index in [-0.39, 0.29) is 30.5 Å². The highest BCUT2D eigenvalue weighted by molar-refractivity contribution is 5.78. The van der Waals surface area contributed by atoms with Crippen LogP contribution in [0, 0.1) is 11.7 Å². The molecule has 0 N–H and O–H groups in total. The van der Waals surface area contributed by atoms with Crippen molar-refractivity contribution in [3.63, 3.8) is 0 Å². The maximum absolute atomic E-state index is 13.4. The molecular weight excluding hydrogens is 283 g/mol. The maximum atomic E-state index is 13.4. The molecule has 3 fully saturated rings. The van der Waals surface area contributed by atoms with Gasteiger partial charge in [0.25, 0.3) is 0 Å². The third-order valence-corrected chi connectivity index (χ3v) is 4.91. The van der Waals surface area contributed by atoms with Gasteiger partial charge in [-0.05, 0) is 36.5 Å². The Morgan fingerprint density at radius 2 is 2.14 bits per heavy atom. The molecule has 2 heterocycles. The molecule has 1 aliphatic carbocycles. The molecular formula is C17H21FN2O2. The van der Waals surface area contributed by atoms with E-state index in [1.54, 1.807) is 6.07 Å². The number of fused-ring (bicyclic) bond motifs is 1. The van der Waals surface area contributed by atoms with E-state index >= 15 is 0 Å².